The average Bonchev–Trinajstić information content (AvgIpc) is 2.38. The number of alkyl halides is 1. The van der Waals surface area contributed by atoms with Crippen LogP contribution in [-0.2, 0) is 4.74 Å². The fourth-order valence-electron chi connectivity index (χ4n) is 1.49. The molecule has 0 atom stereocenters. The molecule has 0 amide bonds. The summed E-state index contributed by atoms with van der Waals surface area (Å²) in [5, 5.41) is 1.11. The average molecular weight is 301 g/mol. The molecule has 3 heteroatoms. The van der Waals surface area contributed by atoms with Gasteiger partial charge in [-0.15, -0.1) is 0 Å². The Balaban J connectivity index is 1.85. The molecule has 17 heavy (non-hydrogen) atoms. The van der Waals surface area contributed by atoms with Crippen LogP contribution in [0, 0.1) is 0 Å². The first-order valence-corrected chi connectivity index (χ1v) is 7.37. The highest BCUT2D eigenvalue weighted by Crippen LogP contribution is 2.07. The minimum absolute atomic E-state index is 0.630. The molecule has 0 unspecified atom stereocenters. The molecule has 0 fully saturated rings. The molecule has 0 aromatic heterocycles. The van der Waals surface area contributed by atoms with Crippen LogP contribution in [0.2, 0.25) is 0 Å². The number of rotatable bonds is 10. The van der Waals surface area contributed by atoms with E-state index in [0.29, 0.717) is 13.2 Å². The van der Waals surface area contributed by atoms with E-state index in [9.17, 15) is 0 Å². The molecule has 2 nitrogen and oxygen atoms in total. The van der Waals surface area contributed by atoms with Gasteiger partial charge in [-0.3, -0.25) is 0 Å². The predicted octanol–water partition coefficient (Wildman–Crippen LogP) is 4.04. The fraction of sp³-hybridized carbons (Fsp3) is 0.571. The summed E-state index contributed by atoms with van der Waals surface area (Å²) in [7, 11) is 0. The topological polar surface area (TPSA) is 18.5 Å². The highest BCUT2D eigenvalue weighted by Gasteiger charge is 1.93. The molecule has 0 spiro atoms. The maximum atomic E-state index is 5.52. The number of hydrogen-bond donors (Lipinski definition) is 0. The van der Waals surface area contributed by atoms with Crippen LogP contribution in [0.3, 0.4) is 0 Å². The Morgan fingerprint density at radius 1 is 0.824 bits per heavy atom. The van der Waals surface area contributed by atoms with Crippen molar-refractivity contribution in [3.8, 4) is 5.75 Å². The second-order valence-electron chi connectivity index (χ2n) is 3.88. The van der Waals surface area contributed by atoms with Crippen molar-refractivity contribution >= 4 is 15.9 Å². The summed E-state index contributed by atoms with van der Waals surface area (Å²) < 4.78 is 11.0. The third-order valence-electron chi connectivity index (χ3n) is 2.41. The van der Waals surface area contributed by atoms with Crippen LogP contribution >= 0.6 is 15.9 Å². The molecule has 0 aliphatic heterocycles. The molecular weight excluding hydrogens is 280 g/mol. The minimum atomic E-state index is 0.630. The van der Waals surface area contributed by atoms with Crippen LogP contribution in [0.4, 0.5) is 0 Å². The molecule has 1 aromatic carbocycles. The lowest BCUT2D eigenvalue weighted by Gasteiger charge is -2.06. The van der Waals surface area contributed by atoms with Gasteiger partial charge in [0.05, 0.1) is 6.61 Å². The Morgan fingerprint density at radius 2 is 1.59 bits per heavy atom. The molecule has 1 aromatic rings. The maximum Gasteiger partial charge on any atom is 0.119 e. The second-order valence-corrected chi connectivity index (χ2v) is 4.67. The van der Waals surface area contributed by atoms with Crippen LogP contribution in [0.15, 0.2) is 30.3 Å². The van der Waals surface area contributed by atoms with Gasteiger partial charge in [0.25, 0.3) is 0 Å². The van der Waals surface area contributed by atoms with Gasteiger partial charge >= 0.3 is 0 Å². The molecule has 0 saturated heterocycles. The standard InChI is InChI=1S/C14H21BrO2/c15-10-6-1-2-7-11-16-12-13-17-14-8-4-3-5-9-14/h3-5,8-9H,1-2,6-7,10-13H2. The molecule has 0 heterocycles. The van der Waals surface area contributed by atoms with Gasteiger partial charge in [0, 0.05) is 11.9 Å². The van der Waals surface area contributed by atoms with Crippen LogP contribution in [0.25, 0.3) is 0 Å². The van der Waals surface area contributed by atoms with E-state index in [4.69, 9.17) is 9.47 Å². The van der Waals surface area contributed by atoms with Gasteiger partial charge in [-0.1, -0.05) is 47.0 Å². The van der Waals surface area contributed by atoms with E-state index < -0.39 is 0 Å². The number of ether oxygens (including phenoxy) is 2. The van der Waals surface area contributed by atoms with Gasteiger partial charge in [-0.2, -0.15) is 0 Å². The lowest BCUT2D eigenvalue weighted by atomic mass is 10.2. The van der Waals surface area contributed by atoms with E-state index in [-0.39, 0.29) is 0 Å². The van der Waals surface area contributed by atoms with Crippen molar-refractivity contribution in [2.24, 2.45) is 0 Å². The number of para-hydroxylation sites is 1. The van der Waals surface area contributed by atoms with Gasteiger partial charge in [0.1, 0.15) is 12.4 Å². The van der Waals surface area contributed by atoms with Crippen molar-refractivity contribution in [1.82, 2.24) is 0 Å². The van der Waals surface area contributed by atoms with Crippen LogP contribution < -0.4 is 4.74 Å². The van der Waals surface area contributed by atoms with E-state index in [0.717, 1.165) is 24.1 Å². The van der Waals surface area contributed by atoms with Gasteiger partial charge in [0.15, 0.2) is 0 Å². The SMILES string of the molecule is BrCCCCCCOCCOc1ccccc1. The Labute approximate surface area is 112 Å². The largest absolute Gasteiger partial charge is 0.491 e. The molecule has 0 aliphatic carbocycles. The summed E-state index contributed by atoms with van der Waals surface area (Å²) >= 11 is 3.43. The van der Waals surface area contributed by atoms with Gasteiger partial charge in [-0.05, 0) is 25.0 Å². The zero-order chi connectivity index (χ0) is 12.2. The molecule has 0 N–H and O–H groups in total. The van der Waals surface area contributed by atoms with E-state index in [1.165, 1.54) is 19.3 Å². The Morgan fingerprint density at radius 3 is 2.35 bits per heavy atom. The first-order chi connectivity index (χ1) is 8.43. The zero-order valence-electron chi connectivity index (χ0n) is 10.2. The predicted molar refractivity (Wildman–Crippen MR) is 75.0 cm³/mol. The van der Waals surface area contributed by atoms with Crippen LogP contribution in [0.5, 0.6) is 5.75 Å². The van der Waals surface area contributed by atoms with Gasteiger partial charge in [0.2, 0.25) is 0 Å². The van der Waals surface area contributed by atoms with E-state index in [1.807, 2.05) is 30.3 Å². The van der Waals surface area contributed by atoms with Crippen molar-refractivity contribution in [3.63, 3.8) is 0 Å². The molecule has 0 radical (unpaired) electrons. The zero-order valence-corrected chi connectivity index (χ0v) is 11.8. The van der Waals surface area contributed by atoms with Gasteiger partial charge < -0.3 is 9.47 Å². The summed E-state index contributed by atoms with van der Waals surface area (Å²) in [4.78, 5) is 0. The Kier molecular flexibility index (Phi) is 9.06. The second kappa shape index (κ2) is 10.6. The maximum absolute atomic E-state index is 5.52. The summed E-state index contributed by atoms with van der Waals surface area (Å²) in [5.74, 6) is 0.911. The summed E-state index contributed by atoms with van der Waals surface area (Å²) in [6.07, 6.45) is 4.95. The van der Waals surface area contributed by atoms with Crippen molar-refractivity contribution in [3.05, 3.63) is 30.3 Å². The van der Waals surface area contributed by atoms with E-state index in [1.54, 1.807) is 0 Å². The Bertz CT molecular complexity index is 264. The monoisotopic (exact) mass is 300 g/mol. The first kappa shape index (κ1) is 14.5. The summed E-state index contributed by atoms with van der Waals surface area (Å²) in [6, 6.07) is 9.84. The van der Waals surface area contributed by atoms with Crippen molar-refractivity contribution < 1.29 is 9.47 Å². The van der Waals surface area contributed by atoms with E-state index >= 15 is 0 Å². The fourth-order valence-corrected chi connectivity index (χ4v) is 1.89. The molecule has 0 aliphatic rings. The molecule has 1 rings (SSSR count). The number of benzene rings is 1. The molecular formula is C14H21BrO2. The first-order valence-electron chi connectivity index (χ1n) is 6.25. The third kappa shape index (κ3) is 8.22. The highest BCUT2D eigenvalue weighted by atomic mass is 79.9. The highest BCUT2D eigenvalue weighted by molar-refractivity contribution is 9.09. The molecule has 96 valence electrons. The minimum Gasteiger partial charge on any atom is -0.491 e. The molecule has 0 bridgehead atoms. The quantitative estimate of drug-likeness (QED) is 0.480. The van der Waals surface area contributed by atoms with Gasteiger partial charge in [-0.25, -0.2) is 0 Å². The van der Waals surface area contributed by atoms with Crippen LogP contribution in [-0.4, -0.2) is 25.2 Å². The van der Waals surface area contributed by atoms with Crippen molar-refractivity contribution in [2.45, 2.75) is 25.7 Å². The number of hydrogen-bond acceptors (Lipinski definition) is 2. The summed E-state index contributed by atoms with van der Waals surface area (Å²) in [5.41, 5.74) is 0. The number of halogens is 1. The summed E-state index contributed by atoms with van der Waals surface area (Å²) in [6.45, 7) is 2.15. The molecule has 0 saturated carbocycles. The Hall–Kier alpha value is -0.540. The third-order valence-corrected chi connectivity index (χ3v) is 2.97. The number of unbranched alkanes of at least 4 members (excludes halogenated alkanes) is 3. The lowest BCUT2D eigenvalue weighted by Crippen LogP contribution is -2.07. The van der Waals surface area contributed by atoms with E-state index in [2.05, 4.69) is 15.9 Å². The van der Waals surface area contributed by atoms with Crippen molar-refractivity contribution in [2.75, 3.05) is 25.2 Å². The normalized spacial score (nSPS) is 10.4. The lowest BCUT2D eigenvalue weighted by molar-refractivity contribution is 0.0971. The van der Waals surface area contributed by atoms with Crippen molar-refractivity contribution in [1.29, 1.82) is 0 Å². The van der Waals surface area contributed by atoms with Crippen LogP contribution in [0.1, 0.15) is 25.7 Å². The smallest absolute Gasteiger partial charge is 0.119 e.